The third kappa shape index (κ3) is 6.71. The number of nitrogens with one attached hydrogen (secondary N) is 1. The molecule has 29 heavy (non-hydrogen) atoms. The Morgan fingerprint density at radius 1 is 0.690 bits per heavy atom. The van der Waals surface area contributed by atoms with E-state index in [9.17, 15) is 0 Å². The van der Waals surface area contributed by atoms with Gasteiger partial charge in [-0.1, -0.05) is 68.3 Å². The molecule has 0 radical (unpaired) electrons. The Labute approximate surface area is 179 Å². The average Bonchev–Trinajstić information content (AvgIpc) is 2.65. The molecule has 2 aromatic rings. The fourth-order valence-electron chi connectivity index (χ4n) is 5.25. The Kier molecular flexibility index (Phi) is 7.22. The summed E-state index contributed by atoms with van der Waals surface area (Å²) < 4.78 is 0. The van der Waals surface area contributed by atoms with Gasteiger partial charge in [0.1, 0.15) is 0 Å². The number of benzene rings is 2. The molecule has 1 saturated heterocycles. The van der Waals surface area contributed by atoms with E-state index >= 15 is 0 Å². The van der Waals surface area contributed by atoms with Crippen LogP contribution in [0.4, 0.5) is 0 Å². The van der Waals surface area contributed by atoms with E-state index in [2.05, 4.69) is 88.5 Å². The average molecular weight is 392 g/mol. The van der Waals surface area contributed by atoms with E-state index in [0.29, 0.717) is 5.92 Å². The van der Waals surface area contributed by atoms with Crippen LogP contribution in [-0.4, -0.2) is 11.1 Å². The SMILES string of the molecule is CCCCCc1ccc(CCc2ccc(C3CC(C)(C)NC(C)(C)C3)cc2)cc1. The molecule has 1 heterocycles. The highest BCUT2D eigenvalue weighted by molar-refractivity contribution is 5.29. The van der Waals surface area contributed by atoms with Gasteiger partial charge in [-0.25, -0.2) is 0 Å². The van der Waals surface area contributed by atoms with Gasteiger partial charge >= 0.3 is 0 Å². The van der Waals surface area contributed by atoms with Crippen LogP contribution in [-0.2, 0) is 19.3 Å². The lowest BCUT2D eigenvalue weighted by atomic mass is 9.73. The fraction of sp³-hybridized carbons (Fsp3) is 0.571. The Bertz CT molecular complexity index is 736. The van der Waals surface area contributed by atoms with Crippen LogP contribution in [0.25, 0.3) is 0 Å². The van der Waals surface area contributed by atoms with E-state index in [0.717, 1.165) is 12.8 Å². The zero-order valence-electron chi connectivity index (χ0n) is 19.4. The van der Waals surface area contributed by atoms with Crippen LogP contribution in [0, 0.1) is 0 Å². The van der Waals surface area contributed by atoms with Crippen LogP contribution >= 0.6 is 0 Å². The van der Waals surface area contributed by atoms with Gasteiger partial charge in [0.2, 0.25) is 0 Å². The highest BCUT2D eigenvalue weighted by atomic mass is 15.0. The van der Waals surface area contributed by atoms with Crippen molar-refractivity contribution >= 4 is 0 Å². The van der Waals surface area contributed by atoms with Gasteiger partial charge in [0, 0.05) is 11.1 Å². The van der Waals surface area contributed by atoms with E-state index in [1.165, 1.54) is 60.8 Å². The van der Waals surface area contributed by atoms with Crippen molar-refractivity contribution in [3.8, 4) is 0 Å². The minimum atomic E-state index is 0.202. The summed E-state index contributed by atoms with van der Waals surface area (Å²) >= 11 is 0. The lowest BCUT2D eigenvalue weighted by Gasteiger charge is -2.46. The van der Waals surface area contributed by atoms with Gasteiger partial charge in [0.25, 0.3) is 0 Å². The summed E-state index contributed by atoms with van der Waals surface area (Å²) in [7, 11) is 0. The van der Waals surface area contributed by atoms with Crippen molar-refractivity contribution in [3.63, 3.8) is 0 Å². The fourth-order valence-corrected chi connectivity index (χ4v) is 5.25. The minimum absolute atomic E-state index is 0.202. The summed E-state index contributed by atoms with van der Waals surface area (Å²) in [6.45, 7) is 11.6. The zero-order valence-corrected chi connectivity index (χ0v) is 19.4. The number of aryl methyl sites for hydroxylation is 3. The predicted octanol–water partition coefficient (Wildman–Crippen LogP) is 7.23. The van der Waals surface area contributed by atoms with Crippen molar-refractivity contribution < 1.29 is 0 Å². The molecule has 0 atom stereocenters. The summed E-state index contributed by atoms with van der Waals surface area (Å²) in [5.41, 5.74) is 6.30. The van der Waals surface area contributed by atoms with Crippen molar-refractivity contribution in [1.29, 1.82) is 0 Å². The van der Waals surface area contributed by atoms with Crippen LogP contribution in [0.3, 0.4) is 0 Å². The van der Waals surface area contributed by atoms with Crippen LogP contribution in [0.15, 0.2) is 48.5 Å². The van der Waals surface area contributed by atoms with Gasteiger partial charge in [-0.2, -0.15) is 0 Å². The largest absolute Gasteiger partial charge is 0.307 e. The quantitative estimate of drug-likeness (QED) is 0.468. The second-order valence-corrected chi connectivity index (χ2v) is 10.5. The Hall–Kier alpha value is -1.60. The summed E-state index contributed by atoms with van der Waals surface area (Å²) in [6.07, 6.45) is 9.84. The maximum absolute atomic E-state index is 3.80. The highest BCUT2D eigenvalue weighted by Gasteiger charge is 2.37. The minimum Gasteiger partial charge on any atom is -0.307 e. The molecule has 0 unspecified atom stereocenters. The van der Waals surface area contributed by atoms with Gasteiger partial charge in [-0.3, -0.25) is 0 Å². The number of unbranched alkanes of at least 4 members (excludes halogenated alkanes) is 2. The van der Waals surface area contributed by atoms with Gasteiger partial charge < -0.3 is 5.32 Å². The molecule has 1 heteroatoms. The topological polar surface area (TPSA) is 12.0 Å². The molecular formula is C28H41N. The molecule has 1 fully saturated rings. The predicted molar refractivity (Wildman–Crippen MR) is 127 cm³/mol. The van der Waals surface area contributed by atoms with Gasteiger partial charge in [-0.05, 0) is 94.4 Å². The van der Waals surface area contributed by atoms with Crippen LogP contribution in [0.5, 0.6) is 0 Å². The molecule has 158 valence electrons. The first-order valence-electron chi connectivity index (χ1n) is 11.7. The lowest BCUT2D eigenvalue weighted by Crippen LogP contribution is -2.57. The van der Waals surface area contributed by atoms with E-state index in [1.54, 1.807) is 0 Å². The zero-order chi connectivity index (χ0) is 20.9. The van der Waals surface area contributed by atoms with Crippen molar-refractivity contribution in [2.24, 2.45) is 0 Å². The number of rotatable bonds is 8. The number of piperidine rings is 1. The van der Waals surface area contributed by atoms with Crippen molar-refractivity contribution in [2.75, 3.05) is 0 Å². The van der Waals surface area contributed by atoms with E-state index in [1.807, 2.05) is 0 Å². The van der Waals surface area contributed by atoms with Crippen molar-refractivity contribution in [1.82, 2.24) is 5.32 Å². The summed E-state index contributed by atoms with van der Waals surface area (Å²) in [6, 6.07) is 18.8. The Morgan fingerprint density at radius 2 is 1.14 bits per heavy atom. The molecule has 2 aromatic carbocycles. The van der Waals surface area contributed by atoms with Crippen molar-refractivity contribution in [3.05, 3.63) is 70.8 Å². The molecule has 1 aliphatic heterocycles. The first kappa shape index (κ1) is 22.1. The molecule has 1 nitrogen and oxygen atoms in total. The van der Waals surface area contributed by atoms with E-state index < -0.39 is 0 Å². The Balaban J connectivity index is 1.54. The van der Waals surface area contributed by atoms with Gasteiger partial charge in [0.15, 0.2) is 0 Å². The molecule has 1 N–H and O–H groups in total. The Morgan fingerprint density at radius 3 is 1.62 bits per heavy atom. The molecule has 0 bridgehead atoms. The third-order valence-electron chi connectivity index (χ3n) is 6.44. The lowest BCUT2D eigenvalue weighted by molar-refractivity contribution is 0.162. The van der Waals surface area contributed by atoms with Crippen LogP contribution in [0.2, 0.25) is 0 Å². The molecular weight excluding hydrogens is 350 g/mol. The van der Waals surface area contributed by atoms with E-state index in [-0.39, 0.29) is 11.1 Å². The highest BCUT2D eigenvalue weighted by Crippen LogP contribution is 2.39. The smallest absolute Gasteiger partial charge is 0.0135 e. The normalized spacial score (nSPS) is 18.7. The first-order valence-corrected chi connectivity index (χ1v) is 11.7. The summed E-state index contributed by atoms with van der Waals surface area (Å²) in [4.78, 5) is 0. The molecule has 0 aliphatic carbocycles. The third-order valence-corrected chi connectivity index (χ3v) is 6.44. The maximum atomic E-state index is 3.80. The second-order valence-electron chi connectivity index (χ2n) is 10.5. The van der Waals surface area contributed by atoms with Crippen LogP contribution in [0.1, 0.15) is 94.9 Å². The standard InChI is InChI=1S/C28H41N/c1-6-7-8-9-22-10-12-23(13-11-22)14-15-24-16-18-25(19-17-24)26-20-27(2,3)29-28(4,5)21-26/h10-13,16-19,26,29H,6-9,14-15,20-21H2,1-5H3. The number of hydrogen-bond donors (Lipinski definition) is 1. The monoisotopic (exact) mass is 391 g/mol. The van der Waals surface area contributed by atoms with Gasteiger partial charge in [-0.15, -0.1) is 0 Å². The molecule has 0 amide bonds. The molecule has 0 aromatic heterocycles. The molecule has 3 rings (SSSR count). The van der Waals surface area contributed by atoms with Crippen molar-refractivity contribution in [2.45, 2.75) is 103 Å². The second kappa shape index (κ2) is 9.47. The van der Waals surface area contributed by atoms with E-state index in [4.69, 9.17) is 0 Å². The number of hydrogen-bond acceptors (Lipinski definition) is 1. The molecule has 0 saturated carbocycles. The maximum Gasteiger partial charge on any atom is 0.0135 e. The molecule has 1 aliphatic rings. The van der Waals surface area contributed by atoms with Crippen LogP contribution < -0.4 is 5.32 Å². The van der Waals surface area contributed by atoms with Gasteiger partial charge in [0.05, 0.1) is 0 Å². The first-order chi connectivity index (χ1) is 13.8. The summed E-state index contributed by atoms with van der Waals surface area (Å²) in [5, 5.41) is 3.80. The molecule has 0 spiro atoms. The summed E-state index contributed by atoms with van der Waals surface area (Å²) in [5.74, 6) is 0.649.